The van der Waals surface area contributed by atoms with E-state index in [4.69, 9.17) is 8.83 Å². The van der Waals surface area contributed by atoms with E-state index in [1.807, 2.05) is 41.0 Å². The third-order valence-electron chi connectivity index (χ3n) is 11.7. The van der Waals surface area contributed by atoms with Gasteiger partial charge >= 0.3 is 0 Å². The lowest BCUT2D eigenvalue weighted by Crippen LogP contribution is -2.34. The van der Waals surface area contributed by atoms with E-state index >= 15 is 0 Å². The van der Waals surface area contributed by atoms with Gasteiger partial charge in [0.05, 0.1) is 17.4 Å². The molecule has 2 amide bonds. The van der Waals surface area contributed by atoms with Crippen LogP contribution >= 0.6 is 0 Å². The van der Waals surface area contributed by atoms with Crippen molar-refractivity contribution >= 4 is 23.2 Å². The van der Waals surface area contributed by atoms with Gasteiger partial charge in [0, 0.05) is 13.1 Å². The molecule has 296 valence electrons. The molecule has 6 nitrogen and oxygen atoms in total. The van der Waals surface area contributed by atoms with E-state index in [-0.39, 0.29) is 11.8 Å². The summed E-state index contributed by atoms with van der Waals surface area (Å²) in [6, 6.07) is 7.68. The molecule has 0 saturated heterocycles. The van der Waals surface area contributed by atoms with Gasteiger partial charge in [-0.1, -0.05) is 156 Å². The number of furan rings is 2. The van der Waals surface area contributed by atoms with Crippen molar-refractivity contribution in [3.8, 4) is 0 Å². The van der Waals surface area contributed by atoms with Crippen molar-refractivity contribution in [1.82, 2.24) is 9.80 Å². The highest BCUT2D eigenvalue weighted by molar-refractivity contribution is 6.29. The predicted octanol–water partition coefficient (Wildman–Crippen LogP) is 13.7. The largest absolute Gasteiger partial charge is 0.463 e. The van der Waals surface area contributed by atoms with Crippen LogP contribution in [0.2, 0.25) is 0 Å². The highest BCUT2D eigenvalue weighted by atomic mass is 16.3. The van der Waals surface area contributed by atoms with Gasteiger partial charge in [0.15, 0.2) is 11.5 Å². The van der Waals surface area contributed by atoms with Gasteiger partial charge in [-0.3, -0.25) is 9.59 Å². The molecule has 2 atom stereocenters. The zero-order valence-corrected chi connectivity index (χ0v) is 34.5. The number of unbranched alkanes of at least 4 members (excludes halogenated alkanes) is 16. The number of fused-ring (bicyclic) bond motifs is 1. The average Bonchev–Trinajstić information content (AvgIpc) is 3.95. The van der Waals surface area contributed by atoms with Crippen LogP contribution in [0.4, 0.5) is 0 Å². The molecule has 4 heterocycles. The first kappa shape index (κ1) is 42.7. The Labute approximate surface area is 323 Å². The molecule has 2 aromatic heterocycles. The summed E-state index contributed by atoms with van der Waals surface area (Å²) >= 11 is 0. The van der Waals surface area contributed by atoms with Gasteiger partial charge in [-0.15, -0.1) is 0 Å². The molecule has 0 N–H and O–H groups in total. The fraction of sp³-hybridized carbons (Fsp3) is 0.702. The van der Waals surface area contributed by atoms with Crippen molar-refractivity contribution in [2.24, 2.45) is 11.8 Å². The number of carbonyl (C=O) groups is 2. The van der Waals surface area contributed by atoms with Crippen LogP contribution in [0.3, 0.4) is 0 Å². The van der Waals surface area contributed by atoms with E-state index in [1.54, 1.807) is 6.26 Å². The topological polar surface area (TPSA) is 66.9 Å². The second-order valence-corrected chi connectivity index (χ2v) is 16.2. The van der Waals surface area contributed by atoms with Crippen molar-refractivity contribution in [2.45, 2.75) is 189 Å². The number of nitrogens with zero attached hydrogens (tertiary/aromatic N) is 2. The molecule has 0 aliphatic carbocycles. The van der Waals surface area contributed by atoms with E-state index in [0.717, 1.165) is 31.4 Å². The fourth-order valence-electron chi connectivity index (χ4n) is 8.55. The first-order valence-electron chi connectivity index (χ1n) is 22.2. The molecule has 0 radical (unpaired) electrons. The van der Waals surface area contributed by atoms with Gasteiger partial charge < -0.3 is 18.6 Å². The Morgan fingerprint density at radius 3 is 1.28 bits per heavy atom. The third-order valence-corrected chi connectivity index (χ3v) is 11.7. The normalized spacial score (nSPS) is 15.8. The van der Waals surface area contributed by atoms with Crippen molar-refractivity contribution in [1.29, 1.82) is 0 Å². The lowest BCUT2D eigenvalue weighted by atomic mass is 9.93. The summed E-state index contributed by atoms with van der Waals surface area (Å²) in [5, 5.41) is 0. The van der Waals surface area contributed by atoms with Gasteiger partial charge in [-0.25, -0.2) is 0 Å². The Kier molecular flexibility index (Phi) is 19.1. The number of hydrogen-bond donors (Lipinski definition) is 0. The van der Waals surface area contributed by atoms with E-state index in [0.29, 0.717) is 59.0 Å². The van der Waals surface area contributed by atoms with Gasteiger partial charge in [0.25, 0.3) is 11.8 Å². The van der Waals surface area contributed by atoms with Crippen LogP contribution in [0.1, 0.15) is 199 Å². The molecule has 0 aromatic carbocycles. The standard InChI is InChI=1S/C47H74N2O4/c1-6-10-14-18-20-24-29-38(27-22-16-12-8-3)35-48-44(40-31-26-34-52-40)42-43(47(48)51)45(41-33-32-37(5)53-41)49(46(42)50)36-39(28-23-17-13-9-4)30-25-21-19-15-11-7-2/h26,31-34,38-39H,6-25,27-30,35-36H2,1-5H3. The maximum atomic E-state index is 14.9. The minimum absolute atomic E-state index is 0.0803. The number of aryl methyl sites for hydroxylation is 1. The maximum Gasteiger partial charge on any atom is 0.261 e. The third kappa shape index (κ3) is 12.5. The van der Waals surface area contributed by atoms with Crippen LogP contribution in [0.5, 0.6) is 0 Å². The monoisotopic (exact) mass is 731 g/mol. The Morgan fingerprint density at radius 1 is 0.509 bits per heavy atom. The van der Waals surface area contributed by atoms with Gasteiger partial charge in [0.2, 0.25) is 0 Å². The number of hydrogen-bond acceptors (Lipinski definition) is 4. The molecule has 53 heavy (non-hydrogen) atoms. The van der Waals surface area contributed by atoms with E-state index < -0.39 is 0 Å². The summed E-state index contributed by atoms with van der Waals surface area (Å²) in [5.74, 6) is 2.57. The van der Waals surface area contributed by atoms with Crippen LogP contribution in [0, 0.1) is 18.8 Å². The molecule has 0 bridgehead atoms. The molecular weight excluding hydrogens is 657 g/mol. The molecule has 0 fully saturated rings. The lowest BCUT2D eigenvalue weighted by Gasteiger charge is -2.29. The van der Waals surface area contributed by atoms with Crippen molar-refractivity contribution in [3.63, 3.8) is 0 Å². The predicted molar refractivity (Wildman–Crippen MR) is 220 cm³/mol. The van der Waals surface area contributed by atoms with Gasteiger partial charge in [-0.05, 0) is 68.7 Å². The summed E-state index contributed by atoms with van der Waals surface area (Å²) in [6.07, 6.45) is 30.9. The van der Waals surface area contributed by atoms with Gasteiger partial charge in [0.1, 0.15) is 17.2 Å². The molecule has 2 aromatic rings. The quantitative estimate of drug-likeness (QED) is 0.0751. The van der Waals surface area contributed by atoms with Crippen molar-refractivity contribution in [3.05, 3.63) is 59.0 Å². The minimum Gasteiger partial charge on any atom is -0.463 e. The van der Waals surface area contributed by atoms with Crippen LogP contribution in [0.25, 0.3) is 11.4 Å². The number of rotatable bonds is 30. The van der Waals surface area contributed by atoms with E-state index in [9.17, 15) is 9.59 Å². The first-order valence-corrected chi connectivity index (χ1v) is 22.2. The summed E-state index contributed by atoms with van der Waals surface area (Å²) in [5.41, 5.74) is 2.32. The van der Waals surface area contributed by atoms with E-state index in [2.05, 4.69) is 27.7 Å². The Hall–Kier alpha value is -3.02. The van der Waals surface area contributed by atoms with Crippen molar-refractivity contribution < 1.29 is 18.4 Å². The fourth-order valence-corrected chi connectivity index (χ4v) is 8.55. The Morgan fingerprint density at radius 2 is 0.906 bits per heavy atom. The zero-order chi connectivity index (χ0) is 37.8. The first-order chi connectivity index (χ1) is 25.9. The Bertz CT molecular complexity index is 1420. The average molecular weight is 731 g/mol. The molecule has 0 spiro atoms. The van der Waals surface area contributed by atoms with E-state index in [1.165, 1.54) is 128 Å². The molecular formula is C47H74N2O4. The molecule has 2 aliphatic heterocycles. The lowest BCUT2D eigenvalue weighted by molar-refractivity contribution is -0.124. The van der Waals surface area contributed by atoms with Crippen LogP contribution < -0.4 is 0 Å². The SMILES string of the molecule is CCCCCCCCC(CCCCCC)CN1C(=O)C2=C(c3ccc(C)o3)N(CC(CCCCCC)CCCCCCCC)C(=O)C2=C1c1ccco1. The Balaban J connectivity index is 1.66. The zero-order valence-electron chi connectivity index (χ0n) is 34.5. The van der Waals surface area contributed by atoms with Crippen LogP contribution in [-0.2, 0) is 9.59 Å². The summed E-state index contributed by atoms with van der Waals surface area (Å²) in [4.78, 5) is 33.7. The summed E-state index contributed by atoms with van der Waals surface area (Å²) in [6.45, 7) is 12.2. The molecule has 4 rings (SSSR count). The summed E-state index contributed by atoms with van der Waals surface area (Å²) in [7, 11) is 0. The second-order valence-electron chi connectivity index (χ2n) is 16.2. The maximum absolute atomic E-state index is 14.9. The number of carbonyl (C=O) groups excluding carboxylic acids is 2. The molecule has 2 aliphatic rings. The number of amides is 2. The molecule has 6 heteroatoms. The molecule has 0 saturated carbocycles. The van der Waals surface area contributed by atoms with Crippen LogP contribution in [-0.4, -0.2) is 34.7 Å². The van der Waals surface area contributed by atoms with Gasteiger partial charge in [-0.2, -0.15) is 0 Å². The minimum atomic E-state index is -0.0803. The summed E-state index contributed by atoms with van der Waals surface area (Å²) < 4.78 is 12.3. The smallest absolute Gasteiger partial charge is 0.261 e. The molecule has 2 unspecified atom stereocenters. The van der Waals surface area contributed by atoms with Crippen molar-refractivity contribution in [2.75, 3.05) is 13.1 Å². The highest BCUT2D eigenvalue weighted by Crippen LogP contribution is 2.48. The van der Waals surface area contributed by atoms with Crippen LogP contribution in [0.15, 0.2) is 50.5 Å². The highest BCUT2D eigenvalue weighted by Gasteiger charge is 2.50. The second kappa shape index (κ2) is 23.7.